The number of fused-ring (bicyclic) bond motifs is 1. The first-order chi connectivity index (χ1) is 13.2. The van der Waals surface area contributed by atoms with Gasteiger partial charge in [0.1, 0.15) is 0 Å². The maximum Gasteiger partial charge on any atom is 0.274 e. The number of amidine groups is 1. The Labute approximate surface area is 191 Å². The SMILES string of the molecule is CCCCCCCCCCCCCCCCC1(O)C=CC2=[N+](C)CCCN21.[I-]. The number of rotatable bonds is 15. The second-order valence-corrected chi connectivity index (χ2v) is 8.84. The van der Waals surface area contributed by atoms with Crippen LogP contribution < -0.4 is 24.0 Å². The molecule has 164 valence electrons. The van der Waals surface area contributed by atoms with Crippen LogP contribution in [0, 0.1) is 0 Å². The second kappa shape index (κ2) is 14.8. The molecule has 1 atom stereocenters. The molecule has 0 aliphatic carbocycles. The number of hydrogen-bond acceptors (Lipinski definition) is 2. The van der Waals surface area contributed by atoms with Crippen molar-refractivity contribution in [3.8, 4) is 0 Å². The lowest BCUT2D eigenvalue weighted by Crippen LogP contribution is -3.00. The minimum absolute atomic E-state index is 0. The van der Waals surface area contributed by atoms with Crippen LogP contribution in [0.1, 0.15) is 110 Å². The molecule has 0 bridgehead atoms. The Kier molecular flexibility index (Phi) is 13.7. The molecular weight excluding hydrogens is 459 g/mol. The van der Waals surface area contributed by atoms with Gasteiger partial charge in [-0.15, -0.1) is 0 Å². The fraction of sp³-hybridized carbons (Fsp3) is 0.875. The van der Waals surface area contributed by atoms with Gasteiger partial charge in [-0.3, -0.25) is 4.58 Å². The summed E-state index contributed by atoms with van der Waals surface area (Å²) in [5, 5.41) is 11.0. The zero-order chi connectivity index (χ0) is 19.4. The average molecular weight is 505 g/mol. The van der Waals surface area contributed by atoms with Crippen molar-refractivity contribution in [3.63, 3.8) is 0 Å². The largest absolute Gasteiger partial charge is 1.00 e. The van der Waals surface area contributed by atoms with E-state index < -0.39 is 5.72 Å². The van der Waals surface area contributed by atoms with E-state index in [0.29, 0.717) is 0 Å². The van der Waals surface area contributed by atoms with Gasteiger partial charge in [0, 0.05) is 18.9 Å². The van der Waals surface area contributed by atoms with Crippen molar-refractivity contribution in [2.45, 2.75) is 115 Å². The number of unbranched alkanes of at least 4 members (excludes halogenated alkanes) is 13. The van der Waals surface area contributed by atoms with Crippen LogP contribution >= 0.6 is 0 Å². The first-order valence-corrected chi connectivity index (χ1v) is 11.9. The Morgan fingerprint density at radius 3 is 1.93 bits per heavy atom. The normalized spacial score (nSPS) is 21.2. The van der Waals surface area contributed by atoms with Crippen molar-refractivity contribution in [1.29, 1.82) is 0 Å². The van der Waals surface area contributed by atoms with Crippen molar-refractivity contribution in [2.24, 2.45) is 0 Å². The van der Waals surface area contributed by atoms with Gasteiger partial charge < -0.3 is 29.1 Å². The van der Waals surface area contributed by atoms with Crippen molar-refractivity contribution in [2.75, 3.05) is 20.1 Å². The molecule has 0 fully saturated rings. The van der Waals surface area contributed by atoms with Gasteiger partial charge in [0.25, 0.3) is 5.84 Å². The number of nitrogens with zero attached hydrogens (tertiary/aromatic N) is 2. The highest BCUT2D eigenvalue weighted by atomic mass is 127. The van der Waals surface area contributed by atoms with E-state index in [0.717, 1.165) is 32.4 Å². The fourth-order valence-electron chi connectivity index (χ4n) is 4.61. The lowest BCUT2D eigenvalue weighted by Gasteiger charge is -2.31. The van der Waals surface area contributed by atoms with E-state index in [1.54, 1.807) is 0 Å². The topological polar surface area (TPSA) is 26.5 Å². The van der Waals surface area contributed by atoms with E-state index in [4.69, 9.17) is 0 Å². The van der Waals surface area contributed by atoms with E-state index in [-0.39, 0.29) is 24.0 Å². The molecule has 0 saturated carbocycles. The predicted molar refractivity (Wildman–Crippen MR) is 116 cm³/mol. The van der Waals surface area contributed by atoms with Gasteiger partial charge in [0.05, 0.1) is 20.1 Å². The van der Waals surface area contributed by atoms with Gasteiger partial charge in [0.15, 0.2) is 0 Å². The molecule has 0 radical (unpaired) electrons. The highest BCUT2D eigenvalue weighted by Crippen LogP contribution is 2.29. The Morgan fingerprint density at radius 1 is 0.893 bits per heavy atom. The van der Waals surface area contributed by atoms with Crippen molar-refractivity contribution in [1.82, 2.24) is 4.90 Å². The molecule has 0 aromatic rings. The summed E-state index contributed by atoms with van der Waals surface area (Å²) < 4.78 is 2.27. The van der Waals surface area contributed by atoms with Crippen LogP contribution in [0.2, 0.25) is 0 Å². The Bertz CT molecular complexity index is 477. The standard InChI is InChI=1S/C24H45N2O.HI/c1-3-4-5-6-7-8-9-10-11-12-13-14-15-16-19-24(27)20-18-23-25(2)21-17-22-26(23)24;/h18,20,27H,3-17,19,21-22H2,1-2H3;1H/q+1;/p-1. The highest BCUT2D eigenvalue weighted by molar-refractivity contribution is 5.92. The molecular formula is C24H45IN2O. The molecule has 4 heteroatoms. The van der Waals surface area contributed by atoms with Crippen LogP contribution in [0.4, 0.5) is 0 Å². The molecule has 28 heavy (non-hydrogen) atoms. The van der Waals surface area contributed by atoms with Gasteiger partial charge in [-0.1, -0.05) is 90.4 Å². The summed E-state index contributed by atoms with van der Waals surface area (Å²) in [5.41, 5.74) is -0.721. The first-order valence-electron chi connectivity index (χ1n) is 11.9. The van der Waals surface area contributed by atoms with E-state index in [2.05, 4.69) is 29.5 Å². The maximum atomic E-state index is 11.0. The predicted octanol–water partition coefficient (Wildman–Crippen LogP) is 2.87. The molecule has 1 unspecified atom stereocenters. The van der Waals surface area contributed by atoms with Gasteiger partial charge in [-0.05, 0) is 12.5 Å². The van der Waals surface area contributed by atoms with E-state index in [1.165, 1.54) is 89.3 Å². The second-order valence-electron chi connectivity index (χ2n) is 8.84. The van der Waals surface area contributed by atoms with Crippen LogP contribution in [-0.2, 0) is 0 Å². The lowest BCUT2D eigenvalue weighted by atomic mass is 10.0. The van der Waals surface area contributed by atoms with E-state index in [1.807, 2.05) is 6.08 Å². The summed E-state index contributed by atoms with van der Waals surface area (Å²) in [6.45, 7) is 4.38. The zero-order valence-corrected chi connectivity index (χ0v) is 20.8. The van der Waals surface area contributed by atoms with Crippen LogP contribution in [0.3, 0.4) is 0 Å². The molecule has 1 N–H and O–H groups in total. The van der Waals surface area contributed by atoms with Crippen molar-refractivity contribution in [3.05, 3.63) is 12.2 Å². The summed E-state index contributed by atoms with van der Waals surface area (Å²) in [6.07, 6.45) is 25.5. The highest BCUT2D eigenvalue weighted by Gasteiger charge is 2.45. The van der Waals surface area contributed by atoms with Gasteiger partial charge >= 0.3 is 0 Å². The third-order valence-electron chi connectivity index (χ3n) is 6.41. The van der Waals surface area contributed by atoms with Crippen LogP contribution in [0.25, 0.3) is 0 Å². The molecule has 0 spiro atoms. The molecule has 2 rings (SSSR count). The molecule has 0 saturated heterocycles. The maximum absolute atomic E-state index is 11.0. The summed E-state index contributed by atoms with van der Waals surface area (Å²) >= 11 is 0. The summed E-state index contributed by atoms with van der Waals surface area (Å²) in [5.74, 6) is 1.20. The van der Waals surface area contributed by atoms with Crippen molar-refractivity contribution >= 4 is 5.84 Å². The number of hydrogen-bond donors (Lipinski definition) is 1. The van der Waals surface area contributed by atoms with E-state index >= 15 is 0 Å². The monoisotopic (exact) mass is 504 g/mol. The molecule has 2 aliphatic heterocycles. The van der Waals surface area contributed by atoms with Crippen LogP contribution in [-0.4, -0.2) is 46.3 Å². The zero-order valence-electron chi connectivity index (χ0n) is 18.6. The smallest absolute Gasteiger partial charge is 0.274 e. The Balaban J connectivity index is 0.00000392. The van der Waals surface area contributed by atoms with Crippen molar-refractivity contribution < 1.29 is 33.7 Å². The van der Waals surface area contributed by atoms with Gasteiger partial charge in [-0.25, -0.2) is 4.90 Å². The minimum atomic E-state index is -0.721. The third kappa shape index (κ3) is 8.73. The minimum Gasteiger partial charge on any atom is -1.00 e. The summed E-state index contributed by atoms with van der Waals surface area (Å²) in [4.78, 5) is 2.21. The molecule has 0 amide bonds. The average Bonchev–Trinajstić information content (AvgIpc) is 3.00. The summed E-state index contributed by atoms with van der Waals surface area (Å²) in [7, 11) is 2.13. The van der Waals surface area contributed by atoms with Crippen LogP contribution in [0.15, 0.2) is 12.2 Å². The van der Waals surface area contributed by atoms with E-state index in [9.17, 15) is 5.11 Å². The lowest BCUT2D eigenvalue weighted by molar-refractivity contribution is -0.509. The fourth-order valence-corrected chi connectivity index (χ4v) is 4.61. The van der Waals surface area contributed by atoms with Gasteiger partial charge in [-0.2, -0.15) is 0 Å². The molecule has 0 aromatic heterocycles. The Hall–Kier alpha value is -0.100. The molecule has 3 nitrogen and oxygen atoms in total. The molecule has 0 aromatic carbocycles. The summed E-state index contributed by atoms with van der Waals surface area (Å²) in [6, 6.07) is 0. The van der Waals surface area contributed by atoms with Gasteiger partial charge in [0.2, 0.25) is 5.72 Å². The van der Waals surface area contributed by atoms with Crippen LogP contribution in [0.5, 0.6) is 0 Å². The number of aliphatic hydroxyl groups is 1. The number of halogens is 1. The third-order valence-corrected chi connectivity index (χ3v) is 6.41. The Morgan fingerprint density at radius 2 is 1.39 bits per heavy atom. The molecule has 2 heterocycles. The molecule has 2 aliphatic rings. The first kappa shape index (κ1) is 25.9. The quantitative estimate of drug-likeness (QED) is 0.211.